The van der Waals surface area contributed by atoms with E-state index < -0.39 is 5.97 Å². The van der Waals surface area contributed by atoms with Crippen LogP contribution < -0.4 is 0 Å². The van der Waals surface area contributed by atoms with Gasteiger partial charge in [-0.1, -0.05) is 51.8 Å². The molecule has 0 radical (unpaired) electrons. The number of ether oxygens (including phenoxy) is 1. The van der Waals surface area contributed by atoms with E-state index in [-0.39, 0.29) is 11.6 Å². The van der Waals surface area contributed by atoms with E-state index >= 15 is 0 Å². The molecule has 0 amide bonds. The Labute approximate surface area is 135 Å². The molecule has 2 aromatic rings. The van der Waals surface area contributed by atoms with Crippen LogP contribution in [0.2, 0.25) is 5.02 Å². The number of aliphatic imine (C=N–C) groups is 1. The first-order valence-corrected chi connectivity index (χ1v) is 7.33. The number of hydrogen-bond donors (Lipinski definition) is 0. The third-order valence-corrected chi connectivity index (χ3v) is 3.76. The van der Waals surface area contributed by atoms with Gasteiger partial charge < -0.3 is 4.74 Å². The van der Waals surface area contributed by atoms with Gasteiger partial charge in [0.2, 0.25) is 5.90 Å². The van der Waals surface area contributed by atoms with Gasteiger partial charge in [-0.2, -0.15) is 0 Å². The zero-order chi connectivity index (χ0) is 14.8. The number of halogens is 2. The van der Waals surface area contributed by atoms with Gasteiger partial charge in [0, 0.05) is 4.47 Å². The van der Waals surface area contributed by atoms with Crippen LogP contribution in [0.25, 0.3) is 6.08 Å². The summed E-state index contributed by atoms with van der Waals surface area (Å²) < 4.78 is 6.16. The van der Waals surface area contributed by atoms with Crippen LogP contribution in [-0.2, 0) is 9.53 Å². The van der Waals surface area contributed by atoms with Crippen molar-refractivity contribution in [3.05, 3.63) is 74.9 Å². The highest BCUT2D eigenvalue weighted by Crippen LogP contribution is 2.23. The Morgan fingerprint density at radius 2 is 1.81 bits per heavy atom. The summed E-state index contributed by atoms with van der Waals surface area (Å²) in [5.41, 5.74) is 1.73. The molecule has 21 heavy (non-hydrogen) atoms. The highest BCUT2D eigenvalue weighted by atomic mass is 79.9. The van der Waals surface area contributed by atoms with Crippen LogP contribution in [0.3, 0.4) is 0 Å². The first-order chi connectivity index (χ1) is 10.1. The van der Waals surface area contributed by atoms with Gasteiger partial charge in [-0.25, -0.2) is 9.79 Å². The lowest BCUT2D eigenvalue weighted by Crippen LogP contribution is -2.05. The average molecular weight is 363 g/mol. The summed E-state index contributed by atoms with van der Waals surface area (Å²) in [7, 11) is 0. The average Bonchev–Trinajstić information content (AvgIpc) is 2.83. The zero-order valence-electron chi connectivity index (χ0n) is 10.7. The molecule has 1 aliphatic heterocycles. The van der Waals surface area contributed by atoms with E-state index in [2.05, 4.69) is 20.9 Å². The highest BCUT2D eigenvalue weighted by Gasteiger charge is 2.25. The lowest BCUT2D eigenvalue weighted by atomic mass is 10.2. The van der Waals surface area contributed by atoms with Gasteiger partial charge in [-0.05, 0) is 35.9 Å². The number of rotatable bonds is 2. The van der Waals surface area contributed by atoms with Gasteiger partial charge in [-0.15, -0.1) is 0 Å². The van der Waals surface area contributed by atoms with Crippen molar-refractivity contribution in [1.29, 1.82) is 0 Å². The van der Waals surface area contributed by atoms with Gasteiger partial charge in [0.15, 0.2) is 5.70 Å². The molecule has 2 aromatic carbocycles. The molecule has 0 fully saturated rings. The van der Waals surface area contributed by atoms with E-state index in [1.54, 1.807) is 18.2 Å². The van der Waals surface area contributed by atoms with E-state index in [9.17, 15) is 4.79 Å². The molecule has 0 atom stereocenters. The first-order valence-electron chi connectivity index (χ1n) is 6.16. The topological polar surface area (TPSA) is 38.7 Å². The van der Waals surface area contributed by atoms with Gasteiger partial charge in [-0.3, -0.25) is 0 Å². The van der Waals surface area contributed by atoms with E-state index in [1.807, 2.05) is 36.4 Å². The monoisotopic (exact) mass is 361 g/mol. The van der Waals surface area contributed by atoms with Crippen LogP contribution in [0.1, 0.15) is 11.1 Å². The summed E-state index contributed by atoms with van der Waals surface area (Å²) >= 11 is 9.44. The number of hydrogen-bond acceptors (Lipinski definition) is 3. The maximum Gasteiger partial charge on any atom is 0.363 e. The molecule has 0 saturated heterocycles. The Bertz CT molecular complexity index is 766. The number of esters is 1. The highest BCUT2D eigenvalue weighted by molar-refractivity contribution is 9.10. The van der Waals surface area contributed by atoms with Gasteiger partial charge >= 0.3 is 5.97 Å². The van der Waals surface area contributed by atoms with Gasteiger partial charge in [0.25, 0.3) is 0 Å². The molecule has 104 valence electrons. The molecular weight excluding hydrogens is 354 g/mol. The fraction of sp³-hybridized carbons (Fsp3) is 0. The molecule has 0 N–H and O–H groups in total. The maximum atomic E-state index is 11.9. The predicted octanol–water partition coefficient (Wildman–Crippen LogP) is 4.45. The summed E-state index contributed by atoms with van der Waals surface area (Å²) in [4.78, 5) is 16.1. The summed E-state index contributed by atoms with van der Waals surface area (Å²) in [6.07, 6.45) is 1.68. The normalized spacial score (nSPS) is 16.0. The summed E-state index contributed by atoms with van der Waals surface area (Å²) in [6.45, 7) is 0. The van der Waals surface area contributed by atoms with Crippen molar-refractivity contribution in [3.8, 4) is 0 Å². The van der Waals surface area contributed by atoms with Crippen molar-refractivity contribution in [3.63, 3.8) is 0 Å². The smallest absolute Gasteiger partial charge is 0.363 e. The summed E-state index contributed by atoms with van der Waals surface area (Å²) in [6, 6.07) is 14.7. The third-order valence-electron chi connectivity index (χ3n) is 2.90. The Hall–Kier alpha value is -1.91. The standard InChI is InChI=1S/C16H9BrClNO2/c17-11-7-5-10(6-8-11)9-14-16(20)21-15(19-14)12-3-1-2-4-13(12)18/h1-9H. The largest absolute Gasteiger partial charge is 0.402 e. The Kier molecular flexibility index (Phi) is 3.90. The number of carbonyl (C=O) groups excluding carboxylic acids is 1. The summed E-state index contributed by atoms with van der Waals surface area (Å²) in [5.74, 6) is -0.248. The molecule has 0 unspecified atom stereocenters. The molecule has 5 heteroatoms. The second-order valence-corrected chi connectivity index (χ2v) is 5.69. The van der Waals surface area contributed by atoms with E-state index in [0.29, 0.717) is 10.6 Å². The zero-order valence-corrected chi connectivity index (χ0v) is 13.1. The molecule has 3 rings (SSSR count). The van der Waals surface area contributed by atoms with Crippen molar-refractivity contribution >= 4 is 45.5 Å². The fourth-order valence-corrected chi connectivity index (χ4v) is 2.36. The number of cyclic esters (lactones) is 1. The maximum absolute atomic E-state index is 11.9. The molecule has 0 saturated carbocycles. The van der Waals surface area contributed by atoms with Crippen LogP contribution >= 0.6 is 27.5 Å². The SMILES string of the molecule is O=C1OC(c2ccccc2Cl)=NC1=Cc1ccc(Br)cc1. The second-order valence-electron chi connectivity index (χ2n) is 4.37. The van der Waals surface area contributed by atoms with Gasteiger partial charge in [0.05, 0.1) is 10.6 Å². The van der Waals surface area contributed by atoms with Crippen molar-refractivity contribution in [2.75, 3.05) is 0 Å². The quantitative estimate of drug-likeness (QED) is 0.585. The van der Waals surface area contributed by atoms with Crippen molar-refractivity contribution in [1.82, 2.24) is 0 Å². The van der Waals surface area contributed by atoms with E-state index in [1.165, 1.54) is 0 Å². The minimum atomic E-state index is -0.479. The van der Waals surface area contributed by atoms with Crippen LogP contribution in [0, 0.1) is 0 Å². The molecule has 3 nitrogen and oxygen atoms in total. The molecule has 1 aliphatic rings. The number of carbonyl (C=O) groups is 1. The minimum Gasteiger partial charge on any atom is -0.402 e. The molecule has 0 aliphatic carbocycles. The molecule has 0 aromatic heterocycles. The van der Waals surface area contributed by atoms with Gasteiger partial charge in [0.1, 0.15) is 0 Å². The first kappa shape index (κ1) is 14.0. The van der Waals surface area contributed by atoms with Crippen molar-refractivity contribution in [2.45, 2.75) is 0 Å². The molecule has 1 heterocycles. The van der Waals surface area contributed by atoms with Crippen LogP contribution in [0.5, 0.6) is 0 Å². The van der Waals surface area contributed by atoms with Crippen molar-refractivity contribution < 1.29 is 9.53 Å². The molecule has 0 spiro atoms. The lowest BCUT2D eigenvalue weighted by molar-refractivity contribution is -0.129. The Balaban J connectivity index is 1.96. The summed E-state index contributed by atoms with van der Waals surface area (Å²) in [5, 5.41) is 0.494. The molecular formula is C16H9BrClNO2. The van der Waals surface area contributed by atoms with E-state index in [4.69, 9.17) is 16.3 Å². The Morgan fingerprint density at radius 1 is 1.10 bits per heavy atom. The van der Waals surface area contributed by atoms with E-state index in [0.717, 1.165) is 10.0 Å². The third kappa shape index (κ3) is 3.06. The Morgan fingerprint density at radius 3 is 2.52 bits per heavy atom. The predicted molar refractivity (Wildman–Crippen MR) is 86.2 cm³/mol. The fourth-order valence-electron chi connectivity index (χ4n) is 1.88. The number of benzene rings is 2. The van der Waals surface area contributed by atoms with Crippen LogP contribution in [0.4, 0.5) is 0 Å². The van der Waals surface area contributed by atoms with Crippen molar-refractivity contribution in [2.24, 2.45) is 4.99 Å². The van der Waals surface area contributed by atoms with Crippen LogP contribution in [-0.4, -0.2) is 11.9 Å². The lowest BCUT2D eigenvalue weighted by Gasteiger charge is -2.00. The minimum absolute atomic E-state index is 0.231. The van der Waals surface area contributed by atoms with Crippen LogP contribution in [0.15, 0.2) is 63.7 Å². The molecule has 0 bridgehead atoms. The number of nitrogens with zero attached hydrogens (tertiary/aromatic N) is 1. The second kappa shape index (κ2) is 5.84.